The molecule has 0 spiro atoms. The lowest BCUT2D eigenvalue weighted by molar-refractivity contribution is 0.0588. The van der Waals surface area contributed by atoms with Gasteiger partial charge in [0.15, 0.2) is 0 Å². The van der Waals surface area contributed by atoms with Crippen LogP contribution in [0.15, 0.2) is 0 Å². The monoisotopic (exact) mass is 238 g/mol. The topological polar surface area (TPSA) is 47.1 Å². The lowest BCUT2D eigenvalue weighted by atomic mass is 9.84. The van der Waals surface area contributed by atoms with Crippen molar-refractivity contribution in [2.45, 2.75) is 39.2 Å². The Kier molecular flexibility index (Phi) is 4.18. The molecule has 1 aliphatic rings. The van der Waals surface area contributed by atoms with Crippen molar-refractivity contribution >= 4 is 0 Å². The van der Waals surface area contributed by atoms with Gasteiger partial charge in [0, 0.05) is 18.7 Å². The van der Waals surface area contributed by atoms with E-state index in [9.17, 15) is 0 Å². The second-order valence-corrected chi connectivity index (χ2v) is 5.04. The van der Waals surface area contributed by atoms with Crippen LogP contribution in [0.5, 0.6) is 0 Å². The molecule has 2 unspecified atom stereocenters. The first-order chi connectivity index (χ1) is 8.20. The van der Waals surface area contributed by atoms with Gasteiger partial charge < -0.3 is 14.5 Å². The van der Waals surface area contributed by atoms with Crippen molar-refractivity contribution in [3.63, 3.8) is 0 Å². The predicted octanol–water partition coefficient (Wildman–Crippen LogP) is 2.26. The van der Waals surface area contributed by atoms with Gasteiger partial charge in [-0.2, -0.15) is 0 Å². The maximum atomic E-state index is 5.48. The molecular formula is C13H22N2O2. The smallest absolute Gasteiger partial charge is 0.132 e. The SMILES string of the molecule is COCCOCc1nc2c([nH]1)CC(C)CC2C. The van der Waals surface area contributed by atoms with Gasteiger partial charge in [-0.25, -0.2) is 4.98 Å². The Bertz CT molecular complexity index is 362. The maximum Gasteiger partial charge on any atom is 0.132 e. The summed E-state index contributed by atoms with van der Waals surface area (Å²) < 4.78 is 10.4. The highest BCUT2D eigenvalue weighted by Gasteiger charge is 2.24. The molecule has 1 heterocycles. The molecule has 4 nitrogen and oxygen atoms in total. The lowest BCUT2D eigenvalue weighted by Crippen LogP contribution is -2.14. The minimum atomic E-state index is 0.553. The number of fused-ring (bicyclic) bond motifs is 1. The quantitative estimate of drug-likeness (QED) is 0.800. The van der Waals surface area contributed by atoms with E-state index in [2.05, 4.69) is 23.8 Å². The second-order valence-electron chi connectivity index (χ2n) is 5.04. The zero-order chi connectivity index (χ0) is 12.3. The molecule has 0 amide bonds. The first kappa shape index (κ1) is 12.6. The number of imidazole rings is 1. The summed E-state index contributed by atoms with van der Waals surface area (Å²) in [5.74, 6) is 2.27. The van der Waals surface area contributed by atoms with E-state index in [0.717, 1.165) is 18.2 Å². The zero-order valence-electron chi connectivity index (χ0n) is 11.0. The molecule has 1 aliphatic carbocycles. The van der Waals surface area contributed by atoms with E-state index in [-0.39, 0.29) is 0 Å². The van der Waals surface area contributed by atoms with Crippen molar-refractivity contribution in [1.82, 2.24) is 9.97 Å². The van der Waals surface area contributed by atoms with E-state index >= 15 is 0 Å². The molecule has 0 radical (unpaired) electrons. The number of hydrogen-bond acceptors (Lipinski definition) is 3. The van der Waals surface area contributed by atoms with Crippen LogP contribution in [0.1, 0.15) is 43.4 Å². The van der Waals surface area contributed by atoms with E-state index in [1.807, 2.05) is 0 Å². The van der Waals surface area contributed by atoms with E-state index in [1.54, 1.807) is 7.11 Å². The van der Waals surface area contributed by atoms with Gasteiger partial charge >= 0.3 is 0 Å². The largest absolute Gasteiger partial charge is 0.382 e. The fourth-order valence-electron chi connectivity index (χ4n) is 2.57. The van der Waals surface area contributed by atoms with Crippen LogP contribution in [0, 0.1) is 5.92 Å². The van der Waals surface area contributed by atoms with Gasteiger partial charge in [0.25, 0.3) is 0 Å². The van der Waals surface area contributed by atoms with Crippen LogP contribution < -0.4 is 0 Å². The molecule has 96 valence electrons. The Morgan fingerprint density at radius 1 is 1.35 bits per heavy atom. The number of ether oxygens (including phenoxy) is 2. The van der Waals surface area contributed by atoms with Crippen molar-refractivity contribution in [3.8, 4) is 0 Å². The molecule has 1 aromatic heterocycles. The van der Waals surface area contributed by atoms with Crippen LogP contribution in [0.2, 0.25) is 0 Å². The number of nitrogens with zero attached hydrogens (tertiary/aromatic N) is 1. The third-order valence-corrected chi connectivity index (χ3v) is 3.31. The normalized spacial score (nSPS) is 23.7. The van der Waals surface area contributed by atoms with Crippen molar-refractivity contribution in [1.29, 1.82) is 0 Å². The van der Waals surface area contributed by atoms with Crippen molar-refractivity contribution in [2.75, 3.05) is 20.3 Å². The molecule has 0 saturated carbocycles. The van der Waals surface area contributed by atoms with Gasteiger partial charge in [-0.15, -0.1) is 0 Å². The number of aromatic amines is 1. The molecule has 17 heavy (non-hydrogen) atoms. The summed E-state index contributed by atoms with van der Waals surface area (Å²) in [6, 6.07) is 0. The Balaban J connectivity index is 1.95. The zero-order valence-corrected chi connectivity index (χ0v) is 11.0. The summed E-state index contributed by atoms with van der Waals surface area (Å²) >= 11 is 0. The predicted molar refractivity (Wildman–Crippen MR) is 66.0 cm³/mol. The maximum absolute atomic E-state index is 5.48. The molecular weight excluding hydrogens is 216 g/mol. The molecule has 0 aromatic carbocycles. The molecule has 4 heteroatoms. The second kappa shape index (κ2) is 5.65. The molecule has 1 aromatic rings. The van der Waals surface area contributed by atoms with Crippen LogP contribution in [0.25, 0.3) is 0 Å². The number of H-pyrrole nitrogens is 1. The Hall–Kier alpha value is -0.870. The van der Waals surface area contributed by atoms with E-state index in [4.69, 9.17) is 9.47 Å². The summed E-state index contributed by atoms with van der Waals surface area (Å²) in [5, 5.41) is 0. The Morgan fingerprint density at radius 2 is 2.18 bits per heavy atom. The first-order valence-corrected chi connectivity index (χ1v) is 6.35. The highest BCUT2D eigenvalue weighted by atomic mass is 16.5. The molecule has 0 bridgehead atoms. The average Bonchev–Trinajstić information content (AvgIpc) is 2.67. The van der Waals surface area contributed by atoms with Gasteiger partial charge in [0.1, 0.15) is 12.4 Å². The number of rotatable bonds is 5. The molecule has 0 saturated heterocycles. The van der Waals surface area contributed by atoms with Crippen LogP contribution >= 0.6 is 0 Å². The molecule has 0 fully saturated rings. The summed E-state index contributed by atoms with van der Waals surface area (Å²) in [4.78, 5) is 8.04. The number of aromatic nitrogens is 2. The fraction of sp³-hybridized carbons (Fsp3) is 0.769. The van der Waals surface area contributed by atoms with Crippen molar-refractivity contribution < 1.29 is 9.47 Å². The fourth-order valence-corrected chi connectivity index (χ4v) is 2.57. The third kappa shape index (κ3) is 3.07. The Morgan fingerprint density at radius 3 is 2.94 bits per heavy atom. The standard InChI is InChI=1S/C13H22N2O2/c1-9-6-10(2)13-11(7-9)14-12(15-13)8-17-5-4-16-3/h9-10H,4-8H2,1-3H3,(H,14,15). The summed E-state index contributed by atoms with van der Waals surface area (Å²) in [5.41, 5.74) is 2.55. The van der Waals surface area contributed by atoms with Crippen molar-refractivity contribution in [3.05, 3.63) is 17.2 Å². The van der Waals surface area contributed by atoms with Crippen LogP contribution in [0.3, 0.4) is 0 Å². The number of methoxy groups -OCH3 is 1. The first-order valence-electron chi connectivity index (χ1n) is 6.35. The van der Waals surface area contributed by atoms with Gasteiger partial charge in [-0.3, -0.25) is 0 Å². The number of hydrogen-bond donors (Lipinski definition) is 1. The van der Waals surface area contributed by atoms with E-state index in [1.165, 1.54) is 17.8 Å². The Labute approximate surface area is 103 Å². The van der Waals surface area contributed by atoms with Gasteiger partial charge in [-0.1, -0.05) is 13.8 Å². The van der Waals surface area contributed by atoms with Crippen LogP contribution in [-0.2, 0) is 22.5 Å². The summed E-state index contributed by atoms with van der Waals surface area (Å²) in [7, 11) is 1.68. The van der Waals surface area contributed by atoms with Crippen LogP contribution in [0.4, 0.5) is 0 Å². The van der Waals surface area contributed by atoms with E-state index in [0.29, 0.717) is 25.7 Å². The summed E-state index contributed by atoms with van der Waals surface area (Å²) in [6.45, 7) is 6.36. The minimum absolute atomic E-state index is 0.553. The average molecular weight is 238 g/mol. The summed E-state index contributed by atoms with van der Waals surface area (Å²) in [6.07, 6.45) is 2.35. The van der Waals surface area contributed by atoms with Gasteiger partial charge in [0.2, 0.25) is 0 Å². The van der Waals surface area contributed by atoms with Crippen LogP contribution in [-0.4, -0.2) is 30.3 Å². The minimum Gasteiger partial charge on any atom is -0.382 e. The molecule has 2 rings (SSSR count). The third-order valence-electron chi connectivity index (χ3n) is 3.31. The van der Waals surface area contributed by atoms with Gasteiger partial charge in [0.05, 0.1) is 18.9 Å². The highest BCUT2D eigenvalue weighted by molar-refractivity contribution is 5.22. The number of nitrogens with one attached hydrogen (secondary N) is 1. The molecule has 0 aliphatic heterocycles. The highest BCUT2D eigenvalue weighted by Crippen LogP contribution is 2.32. The molecule has 2 atom stereocenters. The lowest BCUT2D eigenvalue weighted by Gasteiger charge is -2.22. The molecule has 1 N–H and O–H groups in total. The van der Waals surface area contributed by atoms with Crippen molar-refractivity contribution in [2.24, 2.45) is 5.92 Å². The van der Waals surface area contributed by atoms with Gasteiger partial charge in [-0.05, 0) is 18.8 Å². The van der Waals surface area contributed by atoms with E-state index < -0.39 is 0 Å².